The predicted molar refractivity (Wildman–Crippen MR) is 60.7 cm³/mol. The van der Waals surface area contributed by atoms with E-state index in [0.29, 0.717) is 17.7 Å². The molecular weight excluding hydrogens is 202 g/mol. The Kier molecular flexibility index (Phi) is 2.46. The van der Waals surface area contributed by atoms with E-state index in [1.54, 1.807) is 0 Å². The highest BCUT2D eigenvalue weighted by Gasteiger charge is 2.57. The molecule has 2 atom stereocenters. The molecule has 0 aromatic rings. The van der Waals surface area contributed by atoms with E-state index in [4.69, 9.17) is 0 Å². The van der Waals surface area contributed by atoms with Crippen LogP contribution in [-0.4, -0.2) is 35.6 Å². The Hall–Kier alpha value is -0.570. The van der Waals surface area contributed by atoms with Crippen molar-refractivity contribution in [1.29, 1.82) is 0 Å². The van der Waals surface area contributed by atoms with Gasteiger partial charge < -0.3 is 10.0 Å². The van der Waals surface area contributed by atoms with Crippen molar-refractivity contribution in [3.8, 4) is 0 Å². The summed E-state index contributed by atoms with van der Waals surface area (Å²) in [6.07, 6.45) is 5.55. The highest BCUT2D eigenvalue weighted by molar-refractivity contribution is 5.82. The molecule has 90 valence electrons. The zero-order valence-electron chi connectivity index (χ0n) is 9.93. The van der Waals surface area contributed by atoms with Crippen molar-refractivity contribution in [1.82, 2.24) is 4.90 Å². The maximum absolute atomic E-state index is 12.1. The van der Waals surface area contributed by atoms with Crippen LogP contribution in [0.3, 0.4) is 0 Å². The smallest absolute Gasteiger partial charge is 0.226 e. The van der Waals surface area contributed by atoms with Crippen molar-refractivity contribution < 1.29 is 9.90 Å². The van der Waals surface area contributed by atoms with E-state index < -0.39 is 0 Å². The van der Waals surface area contributed by atoms with Gasteiger partial charge in [-0.3, -0.25) is 4.79 Å². The van der Waals surface area contributed by atoms with Crippen molar-refractivity contribution in [3.05, 3.63) is 0 Å². The summed E-state index contributed by atoms with van der Waals surface area (Å²) in [7, 11) is 1.93. The first-order chi connectivity index (χ1) is 7.66. The van der Waals surface area contributed by atoms with Gasteiger partial charge in [0.1, 0.15) is 0 Å². The SMILES string of the molecule is CN(CC1CC(O)C1)C(=O)C1C2CCCC21. The lowest BCUT2D eigenvalue weighted by molar-refractivity contribution is -0.133. The van der Waals surface area contributed by atoms with Crippen molar-refractivity contribution in [2.75, 3.05) is 13.6 Å². The third kappa shape index (κ3) is 1.65. The number of aliphatic hydroxyl groups excluding tert-OH is 1. The van der Waals surface area contributed by atoms with Gasteiger partial charge in [0.15, 0.2) is 0 Å². The second kappa shape index (κ2) is 3.73. The molecule has 0 aliphatic heterocycles. The van der Waals surface area contributed by atoms with Crippen LogP contribution in [0.4, 0.5) is 0 Å². The molecule has 3 aliphatic carbocycles. The fourth-order valence-electron chi connectivity index (χ4n) is 3.77. The first-order valence-corrected chi connectivity index (χ1v) is 6.60. The number of fused-ring (bicyclic) bond motifs is 1. The van der Waals surface area contributed by atoms with Crippen LogP contribution in [0.2, 0.25) is 0 Å². The molecule has 3 aliphatic rings. The van der Waals surface area contributed by atoms with Crippen LogP contribution in [-0.2, 0) is 4.79 Å². The minimum Gasteiger partial charge on any atom is -0.393 e. The van der Waals surface area contributed by atoms with Gasteiger partial charge in [-0.05, 0) is 43.4 Å². The molecule has 16 heavy (non-hydrogen) atoms. The van der Waals surface area contributed by atoms with Crippen molar-refractivity contribution in [3.63, 3.8) is 0 Å². The van der Waals surface area contributed by atoms with E-state index in [0.717, 1.165) is 31.2 Å². The van der Waals surface area contributed by atoms with E-state index >= 15 is 0 Å². The van der Waals surface area contributed by atoms with Crippen LogP contribution in [0.1, 0.15) is 32.1 Å². The Morgan fingerprint density at radius 2 is 1.94 bits per heavy atom. The lowest BCUT2D eigenvalue weighted by Gasteiger charge is -2.34. The molecule has 1 amide bonds. The largest absolute Gasteiger partial charge is 0.393 e. The van der Waals surface area contributed by atoms with E-state index in [1.807, 2.05) is 11.9 Å². The maximum atomic E-state index is 12.1. The minimum atomic E-state index is -0.103. The third-order valence-electron chi connectivity index (χ3n) is 4.81. The van der Waals surface area contributed by atoms with E-state index in [9.17, 15) is 9.90 Å². The molecule has 0 saturated heterocycles. The van der Waals surface area contributed by atoms with Crippen molar-refractivity contribution in [2.45, 2.75) is 38.2 Å². The Labute approximate surface area is 96.8 Å². The normalized spacial score (nSPS) is 44.8. The van der Waals surface area contributed by atoms with Crippen LogP contribution in [0.5, 0.6) is 0 Å². The number of nitrogens with zero attached hydrogens (tertiary/aromatic N) is 1. The molecule has 0 bridgehead atoms. The van der Waals surface area contributed by atoms with E-state index in [1.165, 1.54) is 19.3 Å². The average molecular weight is 223 g/mol. The van der Waals surface area contributed by atoms with E-state index in [-0.39, 0.29) is 6.10 Å². The number of hydrogen-bond donors (Lipinski definition) is 1. The molecule has 3 fully saturated rings. The molecule has 0 heterocycles. The van der Waals surface area contributed by atoms with E-state index in [2.05, 4.69) is 0 Å². The summed E-state index contributed by atoms with van der Waals surface area (Å²) in [6.45, 7) is 0.853. The molecular formula is C13H21NO2. The van der Waals surface area contributed by atoms with Gasteiger partial charge in [0, 0.05) is 19.5 Å². The number of rotatable bonds is 3. The van der Waals surface area contributed by atoms with Crippen LogP contribution < -0.4 is 0 Å². The second-order valence-corrected chi connectivity index (χ2v) is 5.99. The third-order valence-corrected chi connectivity index (χ3v) is 4.81. The second-order valence-electron chi connectivity index (χ2n) is 5.99. The summed E-state index contributed by atoms with van der Waals surface area (Å²) >= 11 is 0. The van der Waals surface area contributed by atoms with Gasteiger partial charge in [0.05, 0.1) is 6.10 Å². The fraction of sp³-hybridized carbons (Fsp3) is 0.923. The Morgan fingerprint density at radius 1 is 1.31 bits per heavy atom. The molecule has 3 saturated carbocycles. The summed E-state index contributed by atoms with van der Waals surface area (Å²) in [5.41, 5.74) is 0. The quantitative estimate of drug-likeness (QED) is 0.782. The molecule has 0 radical (unpaired) electrons. The number of amides is 1. The van der Waals surface area contributed by atoms with Crippen LogP contribution in [0.25, 0.3) is 0 Å². The van der Waals surface area contributed by atoms with Gasteiger partial charge in [-0.2, -0.15) is 0 Å². The van der Waals surface area contributed by atoms with Gasteiger partial charge in [-0.15, -0.1) is 0 Å². The zero-order chi connectivity index (χ0) is 11.3. The lowest BCUT2D eigenvalue weighted by Crippen LogP contribution is -2.40. The van der Waals surface area contributed by atoms with Crippen molar-refractivity contribution >= 4 is 5.91 Å². The first-order valence-electron chi connectivity index (χ1n) is 6.60. The van der Waals surface area contributed by atoms with Crippen molar-refractivity contribution in [2.24, 2.45) is 23.7 Å². The molecule has 3 nitrogen and oxygen atoms in total. The van der Waals surface area contributed by atoms with Crippen LogP contribution >= 0.6 is 0 Å². The summed E-state index contributed by atoms with van der Waals surface area (Å²) in [5.74, 6) is 2.73. The highest BCUT2D eigenvalue weighted by atomic mass is 16.3. The lowest BCUT2D eigenvalue weighted by atomic mass is 9.82. The topological polar surface area (TPSA) is 40.5 Å². The maximum Gasteiger partial charge on any atom is 0.226 e. The van der Waals surface area contributed by atoms with Crippen LogP contribution in [0, 0.1) is 23.7 Å². The fourth-order valence-corrected chi connectivity index (χ4v) is 3.77. The molecule has 2 unspecified atom stereocenters. The predicted octanol–water partition coefficient (Wildman–Crippen LogP) is 1.26. The Bertz CT molecular complexity index is 288. The van der Waals surface area contributed by atoms with Gasteiger partial charge >= 0.3 is 0 Å². The number of hydrogen-bond acceptors (Lipinski definition) is 2. The Morgan fingerprint density at radius 3 is 2.50 bits per heavy atom. The number of carbonyl (C=O) groups is 1. The molecule has 3 rings (SSSR count). The number of carbonyl (C=O) groups excluding carboxylic acids is 1. The summed E-state index contributed by atoms with van der Waals surface area (Å²) in [4.78, 5) is 14.1. The molecule has 0 spiro atoms. The first kappa shape index (κ1) is 10.6. The molecule has 0 aromatic carbocycles. The molecule has 3 heteroatoms. The van der Waals surface area contributed by atoms with Crippen LogP contribution in [0.15, 0.2) is 0 Å². The molecule has 0 aromatic heterocycles. The van der Waals surface area contributed by atoms with Gasteiger partial charge in [-0.1, -0.05) is 6.42 Å². The van der Waals surface area contributed by atoms with Gasteiger partial charge in [-0.25, -0.2) is 0 Å². The Balaban J connectivity index is 1.48. The highest BCUT2D eigenvalue weighted by Crippen LogP contribution is 2.58. The summed E-state index contributed by atoms with van der Waals surface area (Å²) < 4.78 is 0. The standard InChI is InChI=1S/C13H21NO2/c1-14(7-8-5-9(15)6-8)13(16)12-10-3-2-4-11(10)12/h8-12,15H,2-7H2,1H3. The monoisotopic (exact) mass is 223 g/mol. The summed E-state index contributed by atoms with van der Waals surface area (Å²) in [5, 5.41) is 9.22. The zero-order valence-corrected chi connectivity index (χ0v) is 9.93. The molecule has 1 N–H and O–H groups in total. The number of aliphatic hydroxyl groups is 1. The minimum absolute atomic E-state index is 0.103. The van der Waals surface area contributed by atoms with Gasteiger partial charge in [0.25, 0.3) is 0 Å². The average Bonchev–Trinajstić information content (AvgIpc) is 2.67. The summed E-state index contributed by atoms with van der Waals surface area (Å²) in [6, 6.07) is 0. The van der Waals surface area contributed by atoms with Gasteiger partial charge in [0.2, 0.25) is 5.91 Å².